The number of nitrogens with one attached hydrogen (secondary N) is 1. The summed E-state index contributed by atoms with van der Waals surface area (Å²) < 4.78 is 18.1. The van der Waals surface area contributed by atoms with Gasteiger partial charge in [-0.25, -0.2) is 4.39 Å². The zero-order valence-electron chi connectivity index (χ0n) is 9.91. The summed E-state index contributed by atoms with van der Waals surface area (Å²) in [6.45, 7) is 0.505. The molecule has 18 heavy (non-hydrogen) atoms. The third-order valence-corrected chi connectivity index (χ3v) is 2.88. The van der Waals surface area contributed by atoms with E-state index >= 15 is 0 Å². The number of hydrogen-bond donors (Lipinski definition) is 1. The molecule has 2 aromatic rings. The molecule has 0 heterocycles. The predicted octanol–water partition coefficient (Wildman–Crippen LogP) is 4.10. The van der Waals surface area contributed by atoms with E-state index in [4.69, 9.17) is 16.3 Å². The van der Waals surface area contributed by atoms with E-state index in [0.717, 1.165) is 17.0 Å². The highest BCUT2D eigenvalue weighted by atomic mass is 35.5. The number of ether oxygens (including phenoxy) is 1. The lowest BCUT2D eigenvalue weighted by atomic mass is 10.2. The standard InChI is InChI=1S/C14H13ClFNO/c1-18-12-5-6-13(15)14(8-12)17-9-10-3-2-4-11(16)7-10/h2-8,17H,9H2,1H3. The van der Waals surface area contributed by atoms with Crippen LogP contribution in [0.1, 0.15) is 5.56 Å². The molecule has 0 unspecified atom stereocenters. The van der Waals surface area contributed by atoms with Crippen molar-refractivity contribution in [2.75, 3.05) is 12.4 Å². The van der Waals surface area contributed by atoms with Crippen molar-refractivity contribution in [1.29, 1.82) is 0 Å². The molecule has 0 saturated carbocycles. The average molecular weight is 266 g/mol. The van der Waals surface area contributed by atoms with Gasteiger partial charge in [0.1, 0.15) is 11.6 Å². The first-order chi connectivity index (χ1) is 8.69. The van der Waals surface area contributed by atoms with Crippen LogP contribution in [-0.2, 0) is 6.54 Å². The summed E-state index contributed by atoms with van der Waals surface area (Å²) in [4.78, 5) is 0. The molecule has 0 fully saturated rings. The van der Waals surface area contributed by atoms with Gasteiger partial charge in [0.2, 0.25) is 0 Å². The maximum absolute atomic E-state index is 13.0. The molecule has 0 aliphatic carbocycles. The minimum Gasteiger partial charge on any atom is -0.497 e. The van der Waals surface area contributed by atoms with Crippen LogP contribution >= 0.6 is 11.6 Å². The van der Waals surface area contributed by atoms with Crippen LogP contribution in [-0.4, -0.2) is 7.11 Å². The molecule has 0 aliphatic rings. The van der Waals surface area contributed by atoms with Crippen LogP contribution in [0.15, 0.2) is 42.5 Å². The Hall–Kier alpha value is -1.74. The molecule has 94 valence electrons. The Kier molecular flexibility index (Phi) is 4.05. The molecule has 2 aromatic carbocycles. The van der Waals surface area contributed by atoms with E-state index in [2.05, 4.69) is 5.32 Å². The molecular formula is C14H13ClFNO. The maximum atomic E-state index is 13.0. The van der Waals surface area contributed by atoms with Crippen LogP contribution in [0.5, 0.6) is 5.75 Å². The van der Waals surface area contributed by atoms with E-state index in [1.807, 2.05) is 12.1 Å². The Bertz CT molecular complexity index is 545. The first-order valence-electron chi connectivity index (χ1n) is 5.51. The first-order valence-corrected chi connectivity index (χ1v) is 5.88. The summed E-state index contributed by atoms with van der Waals surface area (Å²) >= 11 is 6.06. The number of benzene rings is 2. The van der Waals surface area contributed by atoms with E-state index in [1.54, 1.807) is 25.3 Å². The van der Waals surface area contributed by atoms with Gasteiger partial charge in [0, 0.05) is 12.6 Å². The predicted molar refractivity (Wildman–Crippen MR) is 71.7 cm³/mol. The fourth-order valence-electron chi connectivity index (χ4n) is 1.61. The van der Waals surface area contributed by atoms with Gasteiger partial charge in [-0.15, -0.1) is 0 Å². The van der Waals surface area contributed by atoms with E-state index in [-0.39, 0.29) is 5.82 Å². The van der Waals surface area contributed by atoms with Gasteiger partial charge in [-0.3, -0.25) is 0 Å². The molecule has 1 N–H and O–H groups in total. The highest BCUT2D eigenvalue weighted by Crippen LogP contribution is 2.27. The Labute approximate surface area is 110 Å². The van der Waals surface area contributed by atoms with Crippen LogP contribution in [0.4, 0.5) is 10.1 Å². The smallest absolute Gasteiger partial charge is 0.123 e. The molecular weight excluding hydrogens is 253 g/mol. The monoisotopic (exact) mass is 265 g/mol. The van der Waals surface area contributed by atoms with Gasteiger partial charge in [-0.1, -0.05) is 23.7 Å². The molecule has 0 radical (unpaired) electrons. The highest BCUT2D eigenvalue weighted by molar-refractivity contribution is 6.33. The Morgan fingerprint density at radius 1 is 1.22 bits per heavy atom. The second-order valence-corrected chi connectivity index (χ2v) is 4.24. The SMILES string of the molecule is COc1ccc(Cl)c(NCc2cccc(F)c2)c1. The lowest BCUT2D eigenvalue weighted by Gasteiger charge is -2.10. The molecule has 0 saturated heterocycles. The second kappa shape index (κ2) is 5.74. The quantitative estimate of drug-likeness (QED) is 0.899. The summed E-state index contributed by atoms with van der Waals surface area (Å²) in [6.07, 6.45) is 0. The third-order valence-electron chi connectivity index (χ3n) is 2.55. The summed E-state index contributed by atoms with van der Waals surface area (Å²) in [5.41, 5.74) is 1.62. The van der Waals surface area contributed by atoms with Crippen LogP contribution in [0.2, 0.25) is 5.02 Å². The molecule has 0 aliphatic heterocycles. The van der Waals surface area contributed by atoms with Crippen molar-refractivity contribution in [3.63, 3.8) is 0 Å². The summed E-state index contributed by atoms with van der Waals surface area (Å²) in [5, 5.41) is 3.76. The first kappa shape index (κ1) is 12.7. The van der Waals surface area contributed by atoms with Crippen LogP contribution in [0, 0.1) is 5.82 Å². The molecule has 0 amide bonds. The Morgan fingerprint density at radius 3 is 2.78 bits per heavy atom. The number of anilines is 1. The largest absolute Gasteiger partial charge is 0.497 e. The van der Waals surface area contributed by atoms with Crippen molar-refractivity contribution in [2.45, 2.75) is 6.54 Å². The van der Waals surface area contributed by atoms with Crippen molar-refractivity contribution >= 4 is 17.3 Å². The van der Waals surface area contributed by atoms with Crippen LogP contribution < -0.4 is 10.1 Å². The second-order valence-electron chi connectivity index (χ2n) is 3.83. The van der Waals surface area contributed by atoms with E-state index < -0.39 is 0 Å². The van der Waals surface area contributed by atoms with Crippen LogP contribution in [0.25, 0.3) is 0 Å². The van der Waals surface area contributed by atoms with Gasteiger partial charge < -0.3 is 10.1 Å². The normalized spacial score (nSPS) is 10.2. The zero-order chi connectivity index (χ0) is 13.0. The minimum absolute atomic E-state index is 0.244. The van der Waals surface area contributed by atoms with Gasteiger partial charge in [-0.05, 0) is 29.8 Å². The molecule has 4 heteroatoms. The molecule has 2 rings (SSSR count). The zero-order valence-corrected chi connectivity index (χ0v) is 10.7. The average Bonchev–Trinajstić information content (AvgIpc) is 2.38. The van der Waals surface area contributed by atoms with E-state index in [1.165, 1.54) is 12.1 Å². The maximum Gasteiger partial charge on any atom is 0.123 e. The van der Waals surface area contributed by atoms with Crippen molar-refractivity contribution < 1.29 is 9.13 Å². The van der Waals surface area contributed by atoms with Gasteiger partial charge in [0.25, 0.3) is 0 Å². The van der Waals surface area contributed by atoms with Gasteiger partial charge in [0.15, 0.2) is 0 Å². The van der Waals surface area contributed by atoms with Crippen molar-refractivity contribution in [1.82, 2.24) is 0 Å². The number of methoxy groups -OCH3 is 1. The molecule has 0 spiro atoms. The van der Waals surface area contributed by atoms with Gasteiger partial charge in [0.05, 0.1) is 17.8 Å². The Morgan fingerprint density at radius 2 is 2.06 bits per heavy atom. The summed E-state index contributed by atoms with van der Waals surface area (Å²) in [5.74, 6) is 0.479. The van der Waals surface area contributed by atoms with Crippen molar-refractivity contribution in [3.05, 3.63) is 58.9 Å². The topological polar surface area (TPSA) is 21.3 Å². The number of hydrogen-bond acceptors (Lipinski definition) is 2. The summed E-state index contributed by atoms with van der Waals surface area (Å²) in [7, 11) is 1.60. The van der Waals surface area contributed by atoms with E-state index in [9.17, 15) is 4.39 Å². The fraction of sp³-hybridized carbons (Fsp3) is 0.143. The van der Waals surface area contributed by atoms with Crippen LogP contribution in [0.3, 0.4) is 0 Å². The lowest BCUT2D eigenvalue weighted by Crippen LogP contribution is -2.00. The third kappa shape index (κ3) is 3.14. The van der Waals surface area contributed by atoms with E-state index in [0.29, 0.717) is 11.6 Å². The van der Waals surface area contributed by atoms with Crippen molar-refractivity contribution in [2.24, 2.45) is 0 Å². The molecule has 2 nitrogen and oxygen atoms in total. The molecule has 0 bridgehead atoms. The number of halogens is 2. The fourth-order valence-corrected chi connectivity index (χ4v) is 1.80. The van der Waals surface area contributed by atoms with Crippen molar-refractivity contribution in [3.8, 4) is 5.75 Å². The lowest BCUT2D eigenvalue weighted by molar-refractivity contribution is 0.415. The highest BCUT2D eigenvalue weighted by Gasteiger charge is 2.02. The molecule has 0 atom stereocenters. The summed E-state index contributed by atoms with van der Waals surface area (Å²) in [6, 6.07) is 11.8. The minimum atomic E-state index is -0.244. The number of rotatable bonds is 4. The molecule has 0 aromatic heterocycles. The Balaban J connectivity index is 2.10. The van der Waals surface area contributed by atoms with Gasteiger partial charge >= 0.3 is 0 Å². The van der Waals surface area contributed by atoms with Gasteiger partial charge in [-0.2, -0.15) is 0 Å².